The normalized spacial score (nSPS) is 13.8. The average molecular weight is 483 g/mol. The predicted molar refractivity (Wildman–Crippen MR) is 139 cm³/mol. The van der Waals surface area contributed by atoms with Crippen molar-refractivity contribution in [3.63, 3.8) is 0 Å². The van der Waals surface area contributed by atoms with Gasteiger partial charge in [0.2, 0.25) is 0 Å². The molecule has 0 spiro atoms. The Balaban J connectivity index is 1.30. The van der Waals surface area contributed by atoms with Crippen LogP contribution in [0.15, 0.2) is 61.3 Å². The standard InChI is InChI=1S/C26H26N8O2/c1-17-13-18(3-6-22(17)36-19-7-10-34-23(14-19)29-16-31-34)32-26-24-20(28-15-30-26)4-5-21(25(24)35-2)33-11-8-27-9-12-33/h3-7,10,13-16,27H,8-9,11-12H2,1-2H3,(H,28,30,32). The minimum atomic E-state index is 0.694. The van der Waals surface area contributed by atoms with Crippen LogP contribution in [-0.2, 0) is 0 Å². The zero-order valence-electron chi connectivity index (χ0n) is 20.1. The number of hydrogen-bond acceptors (Lipinski definition) is 9. The number of nitrogens with one attached hydrogen (secondary N) is 2. The zero-order valence-corrected chi connectivity index (χ0v) is 20.1. The highest BCUT2D eigenvalue weighted by atomic mass is 16.5. The second kappa shape index (κ2) is 9.31. The highest BCUT2D eigenvalue weighted by molar-refractivity contribution is 6.00. The van der Waals surface area contributed by atoms with Crippen LogP contribution in [0, 0.1) is 6.92 Å². The van der Waals surface area contributed by atoms with Gasteiger partial charge in [-0.2, -0.15) is 5.10 Å². The second-order valence-corrected chi connectivity index (χ2v) is 8.60. The fourth-order valence-electron chi connectivity index (χ4n) is 4.53. The van der Waals surface area contributed by atoms with E-state index >= 15 is 0 Å². The van der Waals surface area contributed by atoms with E-state index < -0.39 is 0 Å². The van der Waals surface area contributed by atoms with Gasteiger partial charge in [0.25, 0.3) is 0 Å². The number of rotatable bonds is 6. The number of anilines is 3. The van der Waals surface area contributed by atoms with Gasteiger partial charge in [0.1, 0.15) is 30.0 Å². The molecule has 2 N–H and O–H groups in total. The molecule has 36 heavy (non-hydrogen) atoms. The van der Waals surface area contributed by atoms with Gasteiger partial charge in [-0.05, 0) is 48.9 Å². The van der Waals surface area contributed by atoms with Gasteiger partial charge in [-0.3, -0.25) is 0 Å². The van der Waals surface area contributed by atoms with Crippen molar-refractivity contribution in [2.45, 2.75) is 6.92 Å². The van der Waals surface area contributed by atoms with Crippen LogP contribution in [0.5, 0.6) is 17.2 Å². The number of nitrogens with zero attached hydrogens (tertiary/aromatic N) is 6. The lowest BCUT2D eigenvalue weighted by molar-refractivity contribution is 0.418. The van der Waals surface area contributed by atoms with Gasteiger partial charge < -0.3 is 25.0 Å². The van der Waals surface area contributed by atoms with E-state index in [9.17, 15) is 0 Å². The number of benzene rings is 2. The maximum absolute atomic E-state index is 6.12. The van der Waals surface area contributed by atoms with Gasteiger partial charge in [-0.1, -0.05) is 0 Å². The Morgan fingerprint density at radius 2 is 1.86 bits per heavy atom. The molecule has 0 saturated carbocycles. The summed E-state index contributed by atoms with van der Waals surface area (Å²) >= 11 is 0. The van der Waals surface area contributed by atoms with Crippen molar-refractivity contribution < 1.29 is 9.47 Å². The second-order valence-electron chi connectivity index (χ2n) is 8.60. The molecule has 0 radical (unpaired) electrons. The third-order valence-corrected chi connectivity index (χ3v) is 6.31. The molecule has 2 aromatic carbocycles. The van der Waals surface area contributed by atoms with Crippen LogP contribution < -0.4 is 25.0 Å². The average Bonchev–Trinajstić information content (AvgIpc) is 3.38. The number of pyridine rings is 1. The first kappa shape index (κ1) is 22.1. The van der Waals surface area contributed by atoms with E-state index in [1.165, 1.54) is 6.33 Å². The lowest BCUT2D eigenvalue weighted by Gasteiger charge is -2.31. The molecule has 6 rings (SSSR count). The molecule has 1 aliphatic rings. The van der Waals surface area contributed by atoms with Gasteiger partial charge in [-0.15, -0.1) is 0 Å². The maximum atomic E-state index is 6.12. The van der Waals surface area contributed by atoms with E-state index in [4.69, 9.17) is 9.47 Å². The molecule has 0 amide bonds. The van der Waals surface area contributed by atoms with Crippen molar-refractivity contribution in [2.75, 3.05) is 43.5 Å². The summed E-state index contributed by atoms with van der Waals surface area (Å²) in [6.45, 7) is 5.74. The third kappa shape index (κ3) is 4.11. The summed E-state index contributed by atoms with van der Waals surface area (Å²) in [6, 6.07) is 13.8. The quantitative estimate of drug-likeness (QED) is 0.373. The van der Waals surface area contributed by atoms with Crippen LogP contribution in [0.4, 0.5) is 17.2 Å². The SMILES string of the molecule is COc1c(N2CCNCC2)ccc2ncnc(Nc3ccc(Oc4ccn5ncnc5c4)c(C)c3)c12. The molecule has 0 unspecified atom stereocenters. The minimum Gasteiger partial charge on any atom is -0.494 e. The van der Waals surface area contributed by atoms with Crippen LogP contribution in [0.3, 0.4) is 0 Å². The zero-order chi connectivity index (χ0) is 24.5. The number of hydrogen-bond donors (Lipinski definition) is 2. The van der Waals surface area contributed by atoms with E-state index in [0.29, 0.717) is 11.6 Å². The third-order valence-electron chi connectivity index (χ3n) is 6.31. The molecule has 4 heterocycles. The molecular formula is C26H26N8O2. The van der Waals surface area contributed by atoms with Crippen LogP contribution in [-0.4, -0.2) is 57.9 Å². The molecule has 1 fully saturated rings. The number of piperazine rings is 1. The van der Waals surface area contributed by atoms with Crippen LogP contribution in [0.2, 0.25) is 0 Å². The van der Waals surface area contributed by atoms with Gasteiger partial charge in [0.05, 0.1) is 23.7 Å². The molecule has 182 valence electrons. The fraction of sp³-hybridized carbons (Fsp3) is 0.231. The smallest absolute Gasteiger partial charge is 0.158 e. The van der Waals surface area contributed by atoms with Crippen molar-refractivity contribution >= 4 is 33.7 Å². The van der Waals surface area contributed by atoms with Crippen molar-refractivity contribution in [3.05, 3.63) is 66.9 Å². The van der Waals surface area contributed by atoms with Gasteiger partial charge in [0, 0.05) is 44.1 Å². The number of aryl methyl sites for hydroxylation is 1. The minimum absolute atomic E-state index is 0.694. The first-order chi connectivity index (χ1) is 17.7. The predicted octanol–water partition coefficient (Wildman–Crippen LogP) is 3.94. The molecule has 1 aliphatic heterocycles. The monoisotopic (exact) mass is 482 g/mol. The Bertz CT molecular complexity index is 1540. The number of aromatic nitrogens is 5. The molecule has 5 aromatic rings. The fourth-order valence-corrected chi connectivity index (χ4v) is 4.53. The molecule has 3 aromatic heterocycles. The summed E-state index contributed by atoms with van der Waals surface area (Å²) in [4.78, 5) is 15.6. The Morgan fingerprint density at radius 3 is 2.69 bits per heavy atom. The van der Waals surface area contributed by atoms with Crippen molar-refractivity contribution in [2.24, 2.45) is 0 Å². The Hall–Kier alpha value is -4.44. The lowest BCUT2D eigenvalue weighted by atomic mass is 10.1. The largest absolute Gasteiger partial charge is 0.494 e. The molecule has 0 atom stereocenters. The van der Waals surface area contributed by atoms with E-state index in [1.54, 1.807) is 18.0 Å². The van der Waals surface area contributed by atoms with E-state index in [1.807, 2.05) is 49.5 Å². The summed E-state index contributed by atoms with van der Waals surface area (Å²) in [5.74, 6) is 2.93. The van der Waals surface area contributed by atoms with Gasteiger partial charge in [-0.25, -0.2) is 19.5 Å². The number of ether oxygens (including phenoxy) is 2. The van der Waals surface area contributed by atoms with Crippen molar-refractivity contribution in [1.82, 2.24) is 29.9 Å². The Labute approximate surface area is 207 Å². The highest BCUT2D eigenvalue weighted by Crippen LogP contribution is 2.40. The summed E-state index contributed by atoms with van der Waals surface area (Å²) in [7, 11) is 1.70. The van der Waals surface area contributed by atoms with E-state index in [-0.39, 0.29) is 0 Å². The van der Waals surface area contributed by atoms with Crippen LogP contribution in [0.1, 0.15) is 5.56 Å². The molecule has 0 aliphatic carbocycles. The van der Waals surface area contributed by atoms with E-state index in [0.717, 1.165) is 71.2 Å². The number of methoxy groups -OCH3 is 1. The van der Waals surface area contributed by atoms with Gasteiger partial charge in [0.15, 0.2) is 11.4 Å². The summed E-state index contributed by atoms with van der Waals surface area (Å²) in [5.41, 5.74) is 4.47. The lowest BCUT2D eigenvalue weighted by Crippen LogP contribution is -2.43. The maximum Gasteiger partial charge on any atom is 0.158 e. The van der Waals surface area contributed by atoms with Gasteiger partial charge >= 0.3 is 0 Å². The summed E-state index contributed by atoms with van der Waals surface area (Å²) in [6.07, 6.45) is 4.91. The van der Waals surface area contributed by atoms with Crippen molar-refractivity contribution in [1.29, 1.82) is 0 Å². The summed E-state index contributed by atoms with van der Waals surface area (Å²) in [5, 5.41) is 11.8. The Morgan fingerprint density at radius 1 is 0.972 bits per heavy atom. The van der Waals surface area contributed by atoms with Crippen LogP contribution in [0.25, 0.3) is 16.6 Å². The topological polar surface area (TPSA) is 102 Å². The first-order valence-electron chi connectivity index (χ1n) is 11.8. The van der Waals surface area contributed by atoms with Crippen molar-refractivity contribution in [3.8, 4) is 17.2 Å². The molecule has 10 heteroatoms. The molecule has 0 bridgehead atoms. The molecule has 1 saturated heterocycles. The number of fused-ring (bicyclic) bond motifs is 2. The summed E-state index contributed by atoms with van der Waals surface area (Å²) < 4.78 is 13.7. The molecule has 10 nitrogen and oxygen atoms in total. The Kier molecular flexibility index (Phi) is 5.70. The van der Waals surface area contributed by atoms with Crippen LogP contribution >= 0.6 is 0 Å². The molecular weight excluding hydrogens is 456 g/mol. The van der Waals surface area contributed by atoms with E-state index in [2.05, 4.69) is 41.7 Å². The first-order valence-corrected chi connectivity index (χ1v) is 11.8. The highest BCUT2D eigenvalue weighted by Gasteiger charge is 2.20.